The highest BCUT2D eigenvalue weighted by atomic mass is 14.7. The standard InChI is InChI=1S/C10H13N/c1-4-8(2)10-9(3)6-5-7-11-10/h5-7H,2,4H2,1,3H3. The van der Waals surface area contributed by atoms with Gasteiger partial charge in [-0.25, -0.2) is 0 Å². The second kappa shape index (κ2) is 3.33. The number of nitrogens with zero attached hydrogens (tertiary/aromatic N) is 1. The maximum Gasteiger partial charge on any atom is 0.0684 e. The Bertz CT molecular complexity index is 263. The molecule has 0 bridgehead atoms. The molecule has 0 aliphatic carbocycles. The third-order valence-electron chi connectivity index (χ3n) is 1.77. The second-order valence-corrected chi connectivity index (χ2v) is 2.63. The molecule has 1 nitrogen and oxygen atoms in total. The van der Waals surface area contributed by atoms with E-state index in [9.17, 15) is 0 Å². The first-order valence-corrected chi connectivity index (χ1v) is 3.85. The Balaban J connectivity index is 3.03. The molecule has 0 spiro atoms. The molecule has 1 heterocycles. The number of hydrogen-bond acceptors (Lipinski definition) is 1. The molecule has 0 saturated carbocycles. The zero-order valence-electron chi connectivity index (χ0n) is 7.09. The van der Waals surface area contributed by atoms with Crippen LogP contribution in [-0.4, -0.2) is 4.98 Å². The molecule has 0 aliphatic heterocycles. The first-order valence-electron chi connectivity index (χ1n) is 3.85. The van der Waals surface area contributed by atoms with Gasteiger partial charge in [-0.2, -0.15) is 0 Å². The predicted molar refractivity (Wildman–Crippen MR) is 48.3 cm³/mol. The summed E-state index contributed by atoms with van der Waals surface area (Å²) in [5, 5.41) is 0. The fourth-order valence-electron chi connectivity index (χ4n) is 1.02. The highest BCUT2D eigenvalue weighted by Crippen LogP contribution is 2.15. The van der Waals surface area contributed by atoms with Gasteiger partial charge in [-0.15, -0.1) is 0 Å². The summed E-state index contributed by atoms with van der Waals surface area (Å²) in [5.74, 6) is 0. The van der Waals surface area contributed by atoms with Crippen molar-refractivity contribution in [3.63, 3.8) is 0 Å². The van der Waals surface area contributed by atoms with Gasteiger partial charge in [0.15, 0.2) is 0 Å². The Morgan fingerprint density at radius 3 is 2.91 bits per heavy atom. The van der Waals surface area contributed by atoms with Crippen molar-refractivity contribution in [1.82, 2.24) is 4.98 Å². The summed E-state index contributed by atoms with van der Waals surface area (Å²) < 4.78 is 0. The largest absolute Gasteiger partial charge is 0.256 e. The molecular formula is C10H13N. The third-order valence-corrected chi connectivity index (χ3v) is 1.77. The lowest BCUT2D eigenvalue weighted by Gasteiger charge is -2.03. The topological polar surface area (TPSA) is 12.9 Å². The summed E-state index contributed by atoms with van der Waals surface area (Å²) in [6.07, 6.45) is 2.78. The van der Waals surface area contributed by atoms with E-state index in [0.29, 0.717) is 0 Å². The normalized spacial score (nSPS) is 9.64. The fraction of sp³-hybridized carbons (Fsp3) is 0.300. The lowest BCUT2D eigenvalue weighted by molar-refractivity contribution is 1.15. The molecule has 1 aromatic rings. The van der Waals surface area contributed by atoms with E-state index in [0.717, 1.165) is 17.7 Å². The van der Waals surface area contributed by atoms with Gasteiger partial charge in [0.2, 0.25) is 0 Å². The molecule has 0 saturated heterocycles. The minimum absolute atomic E-state index is 0.970. The van der Waals surface area contributed by atoms with Crippen LogP contribution in [0.4, 0.5) is 0 Å². The average molecular weight is 147 g/mol. The highest BCUT2D eigenvalue weighted by Gasteiger charge is 1.99. The minimum atomic E-state index is 0.970. The summed E-state index contributed by atoms with van der Waals surface area (Å²) in [6, 6.07) is 4.00. The van der Waals surface area contributed by atoms with Gasteiger partial charge in [-0.05, 0) is 30.5 Å². The van der Waals surface area contributed by atoms with Crippen LogP contribution in [0.3, 0.4) is 0 Å². The van der Waals surface area contributed by atoms with Crippen LogP contribution >= 0.6 is 0 Å². The molecule has 0 aromatic carbocycles. The summed E-state index contributed by atoms with van der Waals surface area (Å²) in [6.45, 7) is 8.09. The maximum atomic E-state index is 4.25. The van der Waals surface area contributed by atoms with Crippen LogP contribution in [-0.2, 0) is 0 Å². The average Bonchev–Trinajstić information content (AvgIpc) is 2.04. The van der Waals surface area contributed by atoms with Gasteiger partial charge in [0.1, 0.15) is 0 Å². The molecule has 0 aliphatic rings. The number of rotatable bonds is 2. The summed E-state index contributed by atoms with van der Waals surface area (Å²) in [4.78, 5) is 4.25. The van der Waals surface area contributed by atoms with E-state index in [1.807, 2.05) is 12.3 Å². The van der Waals surface area contributed by atoms with Crippen molar-refractivity contribution >= 4 is 5.57 Å². The Morgan fingerprint density at radius 1 is 1.64 bits per heavy atom. The molecular weight excluding hydrogens is 134 g/mol. The van der Waals surface area contributed by atoms with Gasteiger partial charge in [0, 0.05) is 6.20 Å². The molecule has 0 unspecified atom stereocenters. The molecule has 0 amide bonds. The van der Waals surface area contributed by atoms with Crippen LogP contribution in [0, 0.1) is 6.92 Å². The zero-order chi connectivity index (χ0) is 8.27. The molecule has 11 heavy (non-hydrogen) atoms. The molecule has 1 aromatic heterocycles. The Hall–Kier alpha value is -1.11. The molecule has 0 atom stereocenters. The maximum absolute atomic E-state index is 4.25. The molecule has 0 fully saturated rings. The van der Waals surface area contributed by atoms with Gasteiger partial charge in [0.05, 0.1) is 5.69 Å². The van der Waals surface area contributed by atoms with Gasteiger partial charge >= 0.3 is 0 Å². The van der Waals surface area contributed by atoms with Gasteiger partial charge in [0.25, 0.3) is 0 Å². The van der Waals surface area contributed by atoms with Crippen LogP contribution < -0.4 is 0 Å². The number of allylic oxidation sites excluding steroid dienone is 1. The Kier molecular flexibility index (Phi) is 2.42. The van der Waals surface area contributed by atoms with Crippen molar-refractivity contribution in [2.45, 2.75) is 20.3 Å². The molecule has 58 valence electrons. The highest BCUT2D eigenvalue weighted by molar-refractivity contribution is 5.62. The molecule has 0 N–H and O–H groups in total. The summed E-state index contributed by atoms with van der Waals surface area (Å²) in [5.41, 5.74) is 3.37. The zero-order valence-corrected chi connectivity index (χ0v) is 7.09. The number of aromatic nitrogens is 1. The van der Waals surface area contributed by atoms with Crippen molar-refractivity contribution in [3.05, 3.63) is 36.2 Å². The molecule has 0 radical (unpaired) electrons. The van der Waals surface area contributed by atoms with Crippen LogP contribution in [0.1, 0.15) is 24.6 Å². The quantitative estimate of drug-likeness (QED) is 0.626. The Labute approximate surface area is 67.8 Å². The fourth-order valence-corrected chi connectivity index (χ4v) is 1.02. The van der Waals surface area contributed by atoms with E-state index in [1.165, 1.54) is 5.56 Å². The lowest BCUT2D eigenvalue weighted by atomic mass is 10.1. The third kappa shape index (κ3) is 1.67. The van der Waals surface area contributed by atoms with Gasteiger partial charge < -0.3 is 0 Å². The summed E-state index contributed by atoms with van der Waals surface area (Å²) >= 11 is 0. The van der Waals surface area contributed by atoms with Crippen molar-refractivity contribution < 1.29 is 0 Å². The monoisotopic (exact) mass is 147 g/mol. The lowest BCUT2D eigenvalue weighted by Crippen LogP contribution is -1.89. The Morgan fingerprint density at radius 2 is 2.36 bits per heavy atom. The molecule has 1 heteroatoms. The van der Waals surface area contributed by atoms with Crippen molar-refractivity contribution in [2.75, 3.05) is 0 Å². The number of aryl methyl sites for hydroxylation is 1. The van der Waals surface area contributed by atoms with Gasteiger partial charge in [-0.3, -0.25) is 4.98 Å². The molecule has 1 rings (SSSR count). The minimum Gasteiger partial charge on any atom is -0.256 e. The van der Waals surface area contributed by atoms with Crippen molar-refractivity contribution in [2.24, 2.45) is 0 Å². The van der Waals surface area contributed by atoms with E-state index in [-0.39, 0.29) is 0 Å². The van der Waals surface area contributed by atoms with Crippen molar-refractivity contribution in [3.8, 4) is 0 Å². The predicted octanol–water partition coefficient (Wildman–Crippen LogP) is 2.81. The first kappa shape index (κ1) is 7.99. The summed E-state index contributed by atoms with van der Waals surface area (Å²) in [7, 11) is 0. The first-order chi connectivity index (χ1) is 5.25. The second-order valence-electron chi connectivity index (χ2n) is 2.63. The van der Waals surface area contributed by atoms with Crippen LogP contribution in [0.15, 0.2) is 24.9 Å². The van der Waals surface area contributed by atoms with E-state index in [1.54, 1.807) is 0 Å². The van der Waals surface area contributed by atoms with Gasteiger partial charge in [-0.1, -0.05) is 19.6 Å². The van der Waals surface area contributed by atoms with E-state index >= 15 is 0 Å². The van der Waals surface area contributed by atoms with Crippen LogP contribution in [0.25, 0.3) is 5.57 Å². The van der Waals surface area contributed by atoms with Crippen molar-refractivity contribution in [1.29, 1.82) is 0 Å². The number of pyridine rings is 1. The van der Waals surface area contributed by atoms with Crippen LogP contribution in [0.2, 0.25) is 0 Å². The van der Waals surface area contributed by atoms with E-state index in [2.05, 4.69) is 31.5 Å². The van der Waals surface area contributed by atoms with Crippen LogP contribution in [0.5, 0.6) is 0 Å². The smallest absolute Gasteiger partial charge is 0.0684 e. The number of hydrogen-bond donors (Lipinski definition) is 0. The van der Waals surface area contributed by atoms with E-state index in [4.69, 9.17) is 0 Å². The SMILES string of the molecule is C=C(CC)c1ncccc1C. The van der Waals surface area contributed by atoms with E-state index < -0.39 is 0 Å².